The number of ether oxygens (including phenoxy) is 3. The Morgan fingerprint density at radius 2 is 1.79 bits per heavy atom. The number of carbonyl (C=O) groups is 1. The fourth-order valence-corrected chi connectivity index (χ4v) is 2.39. The normalized spacial score (nSPS) is 10.2. The molecule has 24 heavy (non-hydrogen) atoms. The molecule has 4 nitrogen and oxygen atoms in total. The van der Waals surface area contributed by atoms with Crippen molar-refractivity contribution in [3.63, 3.8) is 0 Å². The summed E-state index contributed by atoms with van der Waals surface area (Å²) < 4.78 is 16.2. The van der Waals surface area contributed by atoms with Crippen LogP contribution in [0.15, 0.2) is 48.5 Å². The van der Waals surface area contributed by atoms with E-state index in [9.17, 15) is 4.79 Å². The van der Waals surface area contributed by atoms with Crippen LogP contribution in [0, 0.1) is 0 Å². The van der Waals surface area contributed by atoms with Gasteiger partial charge in [0, 0.05) is 6.42 Å². The summed E-state index contributed by atoms with van der Waals surface area (Å²) in [6.45, 7) is 2.74. The molecule has 2 rings (SSSR count). The molecule has 0 atom stereocenters. The van der Waals surface area contributed by atoms with Crippen molar-refractivity contribution in [2.75, 3.05) is 13.7 Å². The number of rotatable bonds is 9. The second kappa shape index (κ2) is 9.60. The van der Waals surface area contributed by atoms with Gasteiger partial charge in [-0.15, -0.1) is 0 Å². The third kappa shape index (κ3) is 5.61. The molecule has 0 spiro atoms. The SMILES string of the molecule is CCOC(=O)CCCc1ccc(OC)c(OCc2ccccc2)c1. The van der Waals surface area contributed by atoms with Crippen LogP contribution in [0.5, 0.6) is 11.5 Å². The lowest BCUT2D eigenvalue weighted by Gasteiger charge is -2.12. The van der Waals surface area contributed by atoms with E-state index < -0.39 is 0 Å². The highest BCUT2D eigenvalue weighted by atomic mass is 16.5. The predicted octanol–water partition coefficient (Wildman–Crippen LogP) is 4.16. The van der Waals surface area contributed by atoms with Crippen molar-refractivity contribution >= 4 is 5.97 Å². The second-order valence-corrected chi connectivity index (χ2v) is 5.42. The topological polar surface area (TPSA) is 44.8 Å². The molecule has 0 aromatic heterocycles. The van der Waals surface area contributed by atoms with E-state index in [-0.39, 0.29) is 5.97 Å². The number of hydrogen-bond acceptors (Lipinski definition) is 4. The summed E-state index contributed by atoms with van der Waals surface area (Å²) in [7, 11) is 1.63. The van der Waals surface area contributed by atoms with E-state index in [0.717, 1.165) is 29.7 Å². The molecular formula is C20H24O4. The van der Waals surface area contributed by atoms with Crippen molar-refractivity contribution in [1.82, 2.24) is 0 Å². The molecule has 0 heterocycles. The first-order valence-electron chi connectivity index (χ1n) is 8.22. The van der Waals surface area contributed by atoms with Gasteiger partial charge >= 0.3 is 5.97 Å². The first-order chi connectivity index (χ1) is 11.7. The van der Waals surface area contributed by atoms with Gasteiger partial charge in [0.2, 0.25) is 0 Å². The summed E-state index contributed by atoms with van der Waals surface area (Å²) in [6.07, 6.45) is 1.98. The van der Waals surface area contributed by atoms with E-state index in [2.05, 4.69) is 0 Å². The molecule has 128 valence electrons. The summed E-state index contributed by atoms with van der Waals surface area (Å²) in [5.41, 5.74) is 2.22. The van der Waals surface area contributed by atoms with E-state index in [0.29, 0.717) is 25.4 Å². The minimum atomic E-state index is -0.147. The Bertz CT molecular complexity index is 637. The molecule has 0 saturated heterocycles. The van der Waals surface area contributed by atoms with Crippen molar-refractivity contribution in [2.45, 2.75) is 32.8 Å². The lowest BCUT2D eigenvalue weighted by molar-refractivity contribution is -0.143. The van der Waals surface area contributed by atoms with Gasteiger partial charge in [-0.25, -0.2) is 0 Å². The molecule has 2 aromatic carbocycles. The number of aryl methyl sites for hydroxylation is 1. The third-order valence-corrected chi connectivity index (χ3v) is 3.62. The lowest BCUT2D eigenvalue weighted by Crippen LogP contribution is -2.04. The Hall–Kier alpha value is -2.49. The zero-order valence-corrected chi connectivity index (χ0v) is 14.3. The summed E-state index contributed by atoms with van der Waals surface area (Å²) in [5, 5.41) is 0. The molecule has 2 aromatic rings. The fraction of sp³-hybridized carbons (Fsp3) is 0.350. The van der Waals surface area contributed by atoms with Gasteiger partial charge in [0.1, 0.15) is 6.61 Å². The van der Waals surface area contributed by atoms with Crippen molar-refractivity contribution in [3.8, 4) is 11.5 Å². The predicted molar refractivity (Wildman–Crippen MR) is 93.3 cm³/mol. The van der Waals surface area contributed by atoms with Crippen LogP contribution >= 0.6 is 0 Å². The van der Waals surface area contributed by atoms with Crippen LogP contribution in [0.3, 0.4) is 0 Å². The van der Waals surface area contributed by atoms with Gasteiger partial charge < -0.3 is 14.2 Å². The number of hydrogen-bond donors (Lipinski definition) is 0. The Morgan fingerprint density at radius 3 is 2.50 bits per heavy atom. The molecule has 0 aliphatic heterocycles. The van der Waals surface area contributed by atoms with Gasteiger partial charge in [0.25, 0.3) is 0 Å². The standard InChI is InChI=1S/C20H24O4/c1-3-23-20(21)11-7-10-16-12-13-18(22-2)19(14-16)24-15-17-8-5-4-6-9-17/h4-6,8-9,12-14H,3,7,10-11,15H2,1-2H3. The zero-order chi connectivity index (χ0) is 17.2. The van der Waals surface area contributed by atoms with E-state index in [1.807, 2.05) is 55.5 Å². The summed E-state index contributed by atoms with van der Waals surface area (Å²) in [6, 6.07) is 15.9. The Morgan fingerprint density at radius 1 is 1.00 bits per heavy atom. The molecule has 0 radical (unpaired) electrons. The van der Waals surface area contributed by atoms with Crippen molar-refractivity contribution in [2.24, 2.45) is 0 Å². The van der Waals surface area contributed by atoms with E-state index in [1.165, 1.54) is 0 Å². The van der Waals surface area contributed by atoms with Gasteiger partial charge in [-0.3, -0.25) is 4.79 Å². The average Bonchev–Trinajstić information content (AvgIpc) is 2.61. The maximum Gasteiger partial charge on any atom is 0.305 e. The van der Waals surface area contributed by atoms with Crippen LogP contribution in [0.1, 0.15) is 30.9 Å². The first kappa shape index (κ1) is 17.9. The van der Waals surface area contributed by atoms with Crippen LogP contribution in [0.4, 0.5) is 0 Å². The average molecular weight is 328 g/mol. The van der Waals surface area contributed by atoms with Crippen LogP contribution in [0.25, 0.3) is 0 Å². The molecule has 0 saturated carbocycles. The molecule has 0 fully saturated rings. The van der Waals surface area contributed by atoms with Crippen LogP contribution < -0.4 is 9.47 Å². The number of esters is 1. The minimum absolute atomic E-state index is 0.147. The summed E-state index contributed by atoms with van der Waals surface area (Å²) in [4.78, 5) is 11.4. The van der Waals surface area contributed by atoms with Crippen molar-refractivity contribution < 1.29 is 19.0 Å². The molecule has 0 bridgehead atoms. The smallest absolute Gasteiger partial charge is 0.305 e. The summed E-state index contributed by atoms with van der Waals surface area (Å²) >= 11 is 0. The summed E-state index contributed by atoms with van der Waals surface area (Å²) in [5.74, 6) is 1.28. The van der Waals surface area contributed by atoms with Gasteiger partial charge in [0.15, 0.2) is 11.5 Å². The molecule has 0 unspecified atom stereocenters. The minimum Gasteiger partial charge on any atom is -0.493 e. The third-order valence-electron chi connectivity index (χ3n) is 3.62. The monoisotopic (exact) mass is 328 g/mol. The molecule has 0 N–H and O–H groups in total. The highest BCUT2D eigenvalue weighted by Crippen LogP contribution is 2.29. The Kier molecular flexibility index (Phi) is 7.15. The number of carbonyl (C=O) groups excluding carboxylic acids is 1. The zero-order valence-electron chi connectivity index (χ0n) is 14.3. The maximum atomic E-state index is 11.4. The Balaban J connectivity index is 1.95. The van der Waals surface area contributed by atoms with E-state index in [1.54, 1.807) is 7.11 Å². The highest BCUT2D eigenvalue weighted by molar-refractivity contribution is 5.69. The highest BCUT2D eigenvalue weighted by Gasteiger charge is 2.08. The van der Waals surface area contributed by atoms with Gasteiger partial charge in [-0.05, 0) is 43.0 Å². The number of benzene rings is 2. The van der Waals surface area contributed by atoms with Crippen molar-refractivity contribution in [1.29, 1.82) is 0 Å². The van der Waals surface area contributed by atoms with Crippen LogP contribution in [-0.4, -0.2) is 19.7 Å². The van der Waals surface area contributed by atoms with Gasteiger partial charge in [-0.2, -0.15) is 0 Å². The van der Waals surface area contributed by atoms with Gasteiger partial charge in [-0.1, -0.05) is 36.4 Å². The largest absolute Gasteiger partial charge is 0.493 e. The van der Waals surface area contributed by atoms with Crippen LogP contribution in [-0.2, 0) is 22.6 Å². The fourth-order valence-electron chi connectivity index (χ4n) is 2.39. The lowest BCUT2D eigenvalue weighted by atomic mass is 10.1. The number of methoxy groups -OCH3 is 1. The first-order valence-corrected chi connectivity index (χ1v) is 8.22. The molecule has 0 amide bonds. The molecule has 0 aliphatic carbocycles. The van der Waals surface area contributed by atoms with Gasteiger partial charge in [0.05, 0.1) is 13.7 Å². The molecule has 4 heteroatoms. The van der Waals surface area contributed by atoms with Crippen molar-refractivity contribution in [3.05, 3.63) is 59.7 Å². The van der Waals surface area contributed by atoms with Crippen LogP contribution in [0.2, 0.25) is 0 Å². The quantitative estimate of drug-likeness (QED) is 0.648. The maximum absolute atomic E-state index is 11.4. The second-order valence-electron chi connectivity index (χ2n) is 5.42. The molecular weight excluding hydrogens is 304 g/mol. The van der Waals surface area contributed by atoms with E-state index in [4.69, 9.17) is 14.2 Å². The molecule has 0 aliphatic rings. The van der Waals surface area contributed by atoms with E-state index >= 15 is 0 Å². The Labute approximate surface area is 143 Å².